The summed E-state index contributed by atoms with van der Waals surface area (Å²) in [7, 11) is 0. The molecule has 1 aromatic heterocycles. The van der Waals surface area contributed by atoms with Crippen molar-refractivity contribution in [1.82, 2.24) is 9.88 Å². The highest BCUT2D eigenvalue weighted by molar-refractivity contribution is 7.09. The second-order valence-corrected chi connectivity index (χ2v) is 6.27. The third-order valence-corrected chi connectivity index (χ3v) is 4.61. The summed E-state index contributed by atoms with van der Waals surface area (Å²) in [5, 5.41) is 11.6. The number of rotatable bonds is 7. The first-order valence-corrected chi connectivity index (χ1v) is 8.54. The van der Waals surface area contributed by atoms with Gasteiger partial charge in [-0.2, -0.15) is 0 Å². The Kier molecular flexibility index (Phi) is 6.49. The van der Waals surface area contributed by atoms with Crippen LogP contribution >= 0.6 is 11.3 Å². The van der Waals surface area contributed by atoms with Gasteiger partial charge in [0.15, 0.2) is 0 Å². The van der Waals surface area contributed by atoms with Crippen LogP contribution in [0.25, 0.3) is 0 Å². The zero-order chi connectivity index (χ0) is 16.8. The Hall–Kier alpha value is -1.51. The molecular weight excluding hydrogens is 320 g/mol. The molecule has 1 aliphatic rings. The number of carboxylic acids is 1. The van der Waals surface area contributed by atoms with Crippen molar-refractivity contribution < 1.29 is 24.2 Å². The van der Waals surface area contributed by atoms with E-state index in [9.17, 15) is 9.59 Å². The Morgan fingerprint density at radius 1 is 1.61 bits per heavy atom. The number of hydrogen-bond acceptors (Lipinski definition) is 6. The van der Waals surface area contributed by atoms with Gasteiger partial charge in [-0.05, 0) is 13.8 Å². The molecule has 1 saturated heterocycles. The van der Waals surface area contributed by atoms with Crippen molar-refractivity contribution in [2.45, 2.75) is 38.9 Å². The van der Waals surface area contributed by atoms with Gasteiger partial charge in [-0.15, -0.1) is 11.3 Å². The van der Waals surface area contributed by atoms with Crippen LogP contribution in [-0.2, 0) is 25.5 Å². The highest BCUT2D eigenvalue weighted by Crippen LogP contribution is 2.21. The molecule has 1 N–H and O–H groups in total. The second-order valence-electron chi connectivity index (χ2n) is 5.38. The Labute approximate surface area is 139 Å². The van der Waals surface area contributed by atoms with Crippen molar-refractivity contribution in [3.05, 3.63) is 16.1 Å². The maximum absolute atomic E-state index is 12.4. The molecule has 0 radical (unpaired) electrons. The first-order valence-electron chi connectivity index (χ1n) is 7.66. The minimum absolute atomic E-state index is 0.0513. The van der Waals surface area contributed by atoms with E-state index in [1.807, 2.05) is 19.2 Å². The number of carbonyl (C=O) groups is 2. The van der Waals surface area contributed by atoms with E-state index in [0.29, 0.717) is 26.3 Å². The third kappa shape index (κ3) is 5.26. The first-order chi connectivity index (χ1) is 11.0. The van der Waals surface area contributed by atoms with Crippen LogP contribution in [0.2, 0.25) is 0 Å². The minimum atomic E-state index is -0.918. The molecule has 2 rings (SSSR count). The predicted molar refractivity (Wildman–Crippen MR) is 84.4 cm³/mol. The fourth-order valence-electron chi connectivity index (χ4n) is 2.44. The van der Waals surface area contributed by atoms with Crippen LogP contribution in [0.4, 0.5) is 0 Å². The Balaban J connectivity index is 1.89. The number of hydrogen-bond donors (Lipinski definition) is 1. The zero-order valence-electron chi connectivity index (χ0n) is 13.4. The molecule has 0 spiro atoms. The number of thiazole rings is 1. The number of aliphatic carboxylic acids is 1. The van der Waals surface area contributed by atoms with Crippen molar-refractivity contribution in [3.8, 4) is 0 Å². The van der Waals surface area contributed by atoms with Crippen LogP contribution in [0.5, 0.6) is 0 Å². The summed E-state index contributed by atoms with van der Waals surface area (Å²) >= 11 is 1.49. The molecular formula is C15H22N2O5S. The molecule has 0 unspecified atom stereocenters. The summed E-state index contributed by atoms with van der Waals surface area (Å²) < 4.78 is 10.9. The SMILES string of the molecule is CCO[C@@H](C)c1nc(CC(=O)N2CCO[C@H](CC(=O)O)C2)cs1. The lowest BCUT2D eigenvalue weighted by atomic mass is 10.2. The molecule has 1 fully saturated rings. The van der Waals surface area contributed by atoms with Crippen molar-refractivity contribution in [2.75, 3.05) is 26.3 Å². The third-order valence-electron chi connectivity index (χ3n) is 3.56. The van der Waals surface area contributed by atoms with Crippen LogP contribution in [0.15, 0.2) is 5.38 Å². The second kappa shape index (κ2) is 8.37. The number of aromatic nitrogens is 1. The van der Waals surface area contributed by atoms with Crippen molar-refractivity contribution in [1.29, 1.82) is 0 Å². The van der Waals surface area contributed by atoms with Gasteiger partial charge in [0, 0.05) is 25.1 Å². The minimum Gasteiger partial charge on any atom is -0.481 e. The molecule has 0 aliphatic carbocycles. The Morgan fingerprint density at radius 3 is 3.09 bits per heavy atom. The van der Waals surface area contributed by atoms with E-state index in [0.717, 1.165) is 10.7 Å². The highest BCUT2D eigenvalue weighted by atomic mass is 32.1. The Morgan fingerprint density at radius 2 is 2.39 bits per heavy atom. The number of ether oxygens (including phenoxy) is 2. The van der Waals surface area contributed by atoms with E-state index >= 15 is 0 Å². The van der Waals surface area contributed by atoms with Gasteiger partial charge < -0.3 is 19.5 Å². The number of nitrogens with zero attached hydrogens (tertiary/aromatic N) is 2. The summed E-state index contributed by atoms with van der Waals surface area (Å²) in [4.78, 5) is 29.2. The average molecular weight is 342 g/mol. The molecule has 0 aromatic carbocycles. The van der Waals surface area contributed by atoms with Crippen molar-refractivity contribution in [3.63, 3.8) is 0 Å². The van der Waals surface area contributed by atoms with Crippen LogP contribution in [0.1, 0.15) is 37.1 Å². The zero-order valence-corrected chi connectivity index (χ0v) is 14.2. The summed E-state index contributed by atoms with van der Waals surface area (Å²) in [6.45, 7) is 5.66. The van der Waals surface area contributed by atoms with E-state index < -0.39 is 12.1 Å². The molecule has 128 valence electrons. The number of carbonyl (C=O) groups excluding carboxylic acids is 1. The summed E-state index contributed by atoms with van der Waals surface area (Å²) in [5.74, 6) is -0.969. The van der Waals surface area contributed by atoms with Crippen LogP contribution in [-0.4, -0.2) is 59.3 Å². The number of amides is 1. The van der Waals surface area contributed by atoms with E-state index in [1.165, 1.54) is 11.3 Å². The van der Waals surface area contributed by atoms with Gasteiger partial charge in [-0.1, -0.05) is 0 Å². The van der Waals surface area contributed by atoms with Crippen LogP contribution in [0.3, 0.4) is 0 Å². The number of carboxylic acid groups (broad SMARTS) is 1. The van der Waals surface area contributed by atoms with Gasteiger partial charge in [0.2, 0.25) is 5.91 Å². The summed E-state index contributed by atoms with van der Waals surface area (Å²) in [6.07, 6.45) is -0.377. The van der Waals surface area contributed by atoms with Gasteiger partial charge in [0.05, 0.1) is 31.2 Å². The molecule has 1 aromatic rings. The summed E-state index contributed by atoms with van der Waals surface area (Å²) in [5.41, 5.74) is 0.725. The van der Waals surface area contributed by atoms with E-state index in [2.05, 4.69) is 4.98 Å². The average Bonchev–Trinajstić information content (AvgIpc) is 2.95. The number of morpholine rings is 1. The standard InChI is InChI=1S/C15H22N2O5S/c1-3-21-10(2)15-16-11(9-23-15)6-13(18)17-4-5-22-12(8-17)7-14(19)20/h9-10,12H,3-8H2,1-2H3,(H,19,20)/t10-,12+/m0/s1. The van der Waals surface area contributed by atoms with Crippen molar-refractivity contribution in [2.24, 2.45) is 0 Å². The molecule has 2 atom stereocenters. The van der Waals surface area contributed by atoms with Crippen LogP contribution in [0, 0.1) is 0 Å². The molecule has 0 saturated carbocycles. The molecule has 1 aliphatic heterocycles. The van der Waals surface area contributed by atoms with Gasteiger partial charge in [-0.3, -0.25) is 9.59 Å². The molecule has 7 nitrogen and oxygen atoms in total. The highest BCUT2D eigenvalue weighted by Gasteiger charge is 2.26. The summed E-state index contributed by atoms with van der Waals surface area (Å²) in [6, 6.07) is 0. The molecule has 1 amide bonds. The van der Waals surface area contributed by atoms with E-state index in [4.69, 9.17) is 14.6 Å². The topological polar surface area (TPSA) is 89.0 Å². The van der Waals surface area contributed by atoms with Gasteiger partial charge in [0.1, 0.15) is 11.1 Å². The van der Waals surface area contributed by atoms with Crippen LogP contribution < -0.4 is 0 Å². The largest absolute Gasteiger partial charge is 0.481 e. The maximum Gasteiger partial charge on any atom is 0.306 e. The molecule has 0 bridgehead atoms. The van der Waals surface area contributed by atoms with E-state index in [1.54, 1.807) is 4.90 Å². The Bertz CT molecular complexity index is 548. The van der Waals surface area contributed by atoms with Gasteiger partial charge in [0.25, 0.3) is 0 Å². The predicted octanol–water partition coefficient (Wildman–Crippen LogP) is 1.49. The molecule has 23 heavy (non-hydrogen) atoms. The van der Waals surface area contributed by atoms with Gasteiger partial charge >= 0.3 is 5.97 Å². The normalized spacial score (nSPS) is 19.6. The fraction of sp³-hybridized carbons (Fsp3) is 0.667. The maximum atomic E-state index is 12.4. The smallest absolute Gasteiger partial charge is 0.306 e. The lowest BCUT2D eigenvalue weighted by Crippen LogP contribution is -2.46. The van der Waals surface area contributed by atoms with Gasteiger partial charge in [-0.25, -0.2) is 4.98 Å². The van der Waals surface area contributed by atoms with Crippen molar-refractivity contribution >= 4 is 23.2 Å². The monoisotopic (exact) mass is 342 g/mol. The molecule has 2 heterocycles. The fourth-order valence-corrected chi connectivity index (χ4v) is 3.27. The lowest BCUT2D eigenvalue weighted by molar-refractivity contribution is -0.147. The molecule has 8 heteroatoms. The van der Waals surface area contributed by atoms with E-state index in [-0.39, 0.29) is 24.9 Å². The lowest BCUT2D eigenvalue weighted by Gasteiger charge is -2.32. The first kappa shape index (κ1) is 17.8. The quantitative estimate of drug-likeness (QED) is 0.807.